The summed E-state index contributed by atoms with van der Waals surface area (Å²) in [6.45, 7) is 0. The van der Waals surface area contributed by atoms with E-state index in [-0.39, 0.29) is 0 Å². The molecule has 0 saturated heterocycles. The maximum Gasteiger partial charge on any atom is 0.0702 e. The molecule has 0 amide bonds. The van der Waals surface area contributed by atoms with Crippen LogP contribution in [0.2, 0.25) is 0 Å². The first kappa shape index (κ1) is 24.0. The molecule has 36 heavy (non-hydrogen) atoms. The fourth-order valence-corrected chi connectivity index (χ4v) is 5.00. The molecule has 5 aromatic rings. The average Bonchev–Trinajstić information content (AvgIpc) is 2.95. The van der Waals surface area contributed by atoms with E-state index in [0.29, 0.717) is 0 Å². The highest BCUT2D eigenvalue weighted by molar-refractivity contribution is 5.86. The normalized spacial score (nSPS) is 11.1. The molecule has 1 aromatic heterocycles. The number of rotatable bonds is 11. The monoisotopic (exact) mass is 469 g/mol. The minimum atomic E-state index is 1.02. The van der Waals surface area contributed by atoms with Gasteiger partial charge in [0.15, 0.2) is 0 Å². The first-order valence-electron chi connectivity index (χ1n) is 13.4. The van der Waals surface area contributed by atoms with E-state index in [1.807, 2.05) is 6.20 Å². The lowest BCUT2D eigenvalue weighted by atomic mass is 9.99. The van der Waals surface area contributed by atoms with Gasteiger partial charge in [-0.15, -0.1) is 0 Å². The number of nitrogens with zero attached hydrogens (tertiary/aromatic N) is 1. The lowest BCUT2D eigenvalue weighted by molar-refractivity contribution is 0.594. The summed E-state index contributed by atoms with van der Waals surface area (Å²) in [5.74, 6) is 0. The molecule has 0 aliphatic heterocycles. The van der Waals surface area contributed by atoms with Crippen molar-refractivity contribution in [1.29, 1.82) is 0 Å². The van der Waals surface area contributed by atoms with Crippen LogP contribution in [0.4, 0.5) is 0 Å². The number of fused-ring (bicyclic) bond motifs is 1. The van der Waals surface area contributed by atoms with Crippen molar-refractivity contribution in [2.75, 3.05) is 0 Å². The third-order valence-electron chi connectivity index (χ3n) is 7.09. The molecule has 4 aromatic carbocycles. The van der Waals surface area contributed by atoms with Crippen LogP contribution in [0.25, 0.3) is 33.2 Å². The molecular formula is C35H35N. The predicted octanol–water partition coefficient (Wildman–Crippen LogP) is 9.69. The Morgan fingerprint density at radius 1 is 0.417 bits per heavy atom. The summed E-state index contributed by atoms with van der Waals surface area (Å²) in [6.07, 6.45) is 12.3. The molecule has 1 heterocycles. The standard InChI is InChI=1S/C35H35N/c1(3-6-13-28-14-8-5-9-15-28)2-4-7-16-29-17-12-20-31(25-29)34-23-24-35(36-27-34)33-22-21-30-18-10-11-19-32(30)26-33/h5,8-12,14-15,17-27H,1-4,6-7,13,16H2. The van der Waals surface area contributed by atoms with Gasteiger partial charge in [0.2, 0.25) is 0 Å². The predicted molar refractivity (Wildman–Crippen MR) is 154 cm³/mol. The Morgan fingerprint density at radius 3 is 1.86 bits per heavy atom. The van der Waals surface area contributed by atoms with Crippen molar-refractivity contribution in [3.63, 3.8) is 0 Å². The fourth-order valence-electron chi connectivity index (χ4n) is 5.00. The maximum absolute atomic E-state index is 4.79. The number of aryl methyl sites for hydroxylation is 2. The molecule has 180 valence electrons. The van der Waals surface area contributed by atoms with E-state index in [1.165, 1.54) is 78.0 Å². The van der Waals surface area contributed by atoms with Gasteiger partial charge in [-0.3, -0.25) is 4.98 Å². The molecule has 0 fully saturated rings. The number of hydrogen-bond acceptors (Lipinski definition) is 1. The first-order valence-corrected chi connectivity index (χ1v) is 13.4. The van der Waals surface area contributed by atoms with E-state index in [4.69, 9.17) is 4.98 Å². The van der Waals surface area contributed by atoms with Gasteiger partial charge >= 0.3 is 0 Å². The molecule has 1 nitrogen and oxygen atoms in total. The number of unbranched alkanes of at least 4 members (excludes halogenated alkanes) is 5. The van der Waals surface area contributed by atoms with Crippen molar-refractivity contribution in [3.8, 4) is 22.4 Å². The topological polar surface area (TPSA) is 12.9 Å². The van der Waals surface area contributed by atoms with Crippen molar-refractivity contribution in [2.45, 2.75) is 51.4 Å². The Bertz CT molecular complexity index is 1370. The van der Waals surface area contributed by atoms with Crippen LogP contribution >= 0.6 is 0 Å². The Labute approximate surface area is 215 Å². The van der Waals surface area contributed by atoms with Gasteiger partial charge in [-0.05, 0) is 65.3 Å². The summed E-state index contributed by atoms with van der Waals surface area (Å²) in [7, 11) is 0. The number of aromatic nitrogens is 1. The molecular weight excluding hydrogens is 434 g/mol. The Hall–Kier alpha value is -3.71. The van der Waals surface area contributed by atoms with E-state index >= 15 is 0 Å². The minimum absolute atomic E-state index is 1.02. The van der Waals surface area contributed by atoms with Crippen LogP contribution in [0.5, 0.6) is 0 Å². The smallest absolute Gasteiger partial charge is 0.0702 e. The van der Waals surface area contributed by atoms with Crippen LogP contribution in [0, 0.1) is 0 Å². The van der Waals surface area contributed by atoms with Crippen LogP contribution in [-0.4, -0.2) is 4.98 Å². The molecule has 0 aliphatic rings. The van der Waals surface area contributed by atoms with E-state index in [1.54, 1.807) is 0 Å². The lowest BCUT2D eigenvalue weighted by Crippen LogP contribution is -1.90. The molecule has 0 bridgehead atoms. The molecule has 0 N–H and O–H groups in total. The molecule has 0 spiro atoms. The average molecular weight is 470 g/mol. The van der Waals surface area contributed by atoms with E-state index in [2.05, 4.69) is 109 Å². The van der Waals surface area contributed by atoms with Crippen LogP contribution in [0.15, 0.2) is 115 Å². The molecule has 1 heteroatoms. The van der Waals surface area contributed by atoms with Crippen molar-refractivity contribution in [1.82, 2.24) is 4.98 Å². The Kier molecular flexibility index (Phi) is 8.21. The van der Waals surface area contributed by atoms with Crippen molar-refractivity contribution in [3.05, 3.63) is 127 Å². The van der Waals surface area contributed by atoms with Gasteiger partial charge in [-0.1, -0.05) is 123 Å². The highest BCUT2D eigenvalue weighted by atomic mass is 14.7. The molecule has 5 rings (SSSR count). The molecule has 0 saturated carbocycles. The van der Waals surface area contributed by atoms with Gasteiger partial charge in [-0.2, -0.15) is 0 Å². The van der Waals surface area contributed by atoms with E-state index in [0.717, 1.165) is 17.7 Å². The lowest BCUT2D eigenvalue weighted by Gasteiger charge is -2.08. The highest BCUT2D eigenvalue weighted by Gasteiger charge is 2.04. The van der Waals surface area contributed by atoms with Gasteiger partial charge in [-0.25, -0.2) is 0 Å². The summed E-state index contributed by atoms with van der Waals surface area (Å²) in [4.78, 5) is 4.79. The Morgan fingerprint density at radius 2 is 1.08 bits per heavy atom. The highest BCUT2D eigenvalue weighted by Crippen LogP contribution is 2.26. The second-order valence-corrected chi connectivity index (χ2v) is 9.80. The fraction of sp³-hybridized carbons (Fsp3) is 0.229. The molecule has 0 unspecified atom stereocenters. The molecule has 0 radical (unpaired) electrons. The quantitative estimate of drug-likeness (QED) is 0.175. The van der Waals surface area contributed by atoms with Crippen LogP contribution in [-0.2, 0) is 12.8 Å². The van der Waals surface area contributed by atoms with Gasteiger partial charge in [0.05, 0.1) is 5.69 Å². The van der Waals surface area contributed by atoms with Crippen LogP contribution in [0.1, 0.15) is 49.7 Å². The zero-order valence-corrected chi connectivity index (χ0v) is 21.1. The second kappa shape index (κ2) is 12.3. The van der Waals surface area contributed by atoms with Gasteiger partial charge < -0.3 is 0 Å². The zero-order chi connectivity index (χ0) is 24.4. The summed E-state index contributed by atoms with van der Waals surface area (Å²) < 4.78 is 0. The first-order chi connectivity index (χ1) is 17.8. The third-order valence-corrected chi connectivity index (χ3v) is 7.09. The summed E-state index contributed by atoms with van der Waals surface area (Å²) in [6, 6.07) is 39.2. The molecule has 0 aliphatic carbocycles. The number of hydrogen-bond donors (Lipinski definition) is 0. The van der Waals surface area contributed by atoms with E-state index < -0.39 is 0 Å². The van der Waals surface area contributed by atoms with Crippen molar-refractivity contribution >= 4 is 10.8 Å². The number of pyridine rings is 1. The summed E-state index contributed by atoms with van der Waals surface area (Å²) >= 11 is 0. The van der Waals surface area contributed by atoms with Gasteiger partial charge in [0, 0.05) is 17.3 Å². The van der Waals surface area contributed by atoms with Gasteiger partial charge in [0.25, 0.3) is 0 Å². The maximum atomic E-state index is 4.79. The Balaban J connectivity index is 1.09. The number of benzene rings is 4. The SMILES string of the molecule is c1ccc(CCCCCCCCc2cccc(-c3ccc(-c4ccc5ccccc5c4)nc3)c2)cc1. The zero-order valence-electron chi connectivity index (χ0n) is 21.1. The van der Waals surface area contributed by atoms with Crippen LogP contribution < -0.4 is 0 Å². The third kappa shape index (κ3) is 6.49. The molecule has 0 atom stereocenters. The van der Waals surface area contributed by atoms with Crippen molar-refractivity contribution < 1.29 is 0 Å². The van der Waals surface area contributed by atoms with E-state index in [9.17, 15) is 0 Å². The van der Waals surface area contributed by atoms with Crippen LogP contribution in [0.3, 0.4) is 0 Å². The second-order valence-electron chi connectivity index (χ2n) is 9.80. The largest absolute Gasteiger partial charge is 0.256 e. The minimum Gasteiger partial charge on any atom is -0.256 e. The van der Waals surface area contributed by atoms with Gasteiger partial charge in [0.1, 0.15) is 0 Å². The summed E-state index contributed by atoms with van der Waals surface area (Å²) in [5, 5.41) is 2.51. The summed E-state index contributed by atoms with van der Waals surface area (Å²) in [5.41, 5.74) is 7.51. The van der Waals surface area contributed by atoms with Crippen molar-refractivity contribution in [2.24, 2.45) is 0 Å².